The molecule has 0 aliphatic carbocycles. The van der Waals surface area contributed by atoms with Gasteiger partial charge in [0.2, 0.25) is 11.0 Å². The SMILES string of the molecule is CC(NC(=O)OCCCO[N+](=O)[O-])C(=O)SC[C@@H](C)C(=O)N1CCC[C@H]1C(=O)O. The van der Waals surface area contributed by atoms with Crippen LogP contribution in [0.4, 0.5) is 4.79 Å². The van der Waals surface area contributed by atoms with Crippen LogP contribution in [0.5, 0.6) is 0 Å². The first-order valence-corrected chi connectivity index (χ1v) is 10.0. The fourth-order valence-corrected chi connectivity index (χ4v) is 3.48. The average molecular weight is 435 g/mol. The number of carbonyl (C=O) groups is 4. The number of alkyl carbamates (subject to hydrolysis) is 1. The van der Waals surface area contributed by atoms with Crippen LogP contribution in [0, 0.1) is 16.0 Å². The number of ether oxygens (including phenoxy) is 1. The fourth-order valence-electron chi connectivity index (χ4n) is 2.61. The van der Waals surface area contributed by atoms with Gasteiger partial charge in [-0.25, -0.2) is 9.59 Å². The Morgan fingerprint density at radius 2 is 2.00 bits per heavy atom. The van der Waals surface area contributed by atoms with Gasteiger partial charge in [0.25, 0.3) is 5.09 Å². The molecule has 164 valence electrons. The Balaban J connectivity index is 2.31. The predicted octanol–water partition coefficient (Wildman–Crippen LogP) is 0.671. The van der Waals surface area contributed by atoms with Gasteiger partial charge in [-0.1, -0.05) is 18.7 Å². The molecule has 0 bridgehead atoms. The zero-order valence-electron chi connectivity index (χ0n) is 16.2. The van der Waals surface area contributed by atoms with Gasteiger partial charge in [-0.3, -0.25) is 9.59 Å². The normalized spacial score (nSPS) is 17.9. The molecule has 0 spiro atoms. The number of carbonyl (C=O) groups excluding carboxylic acids is 3. The molecule has 2 N–H and O–H groups in total. The predicted molar refractivity (Wildman–Crippen MR) is 101 cm³/mol. The summed E-state index contributed by atoms with van der Waals surface area (Å²) in [6.45, 7) is 3.14. The Morgan fingerprint density at radius 1 is 1.31 bits per heavy atom. The molecule has 0 radical (unpaired) electrons. The van der Waals surface area contributed by atoms with E-state index in [9.17, 15) is 29.3 Å². The van der Waals surface area contributed by atoms with Crippen molar-refractivity contribution in [3.8, 4) is 0 Å². The van der Waals surface area contributed by atoms with Crippen molar-refractivity contribution in [2.45, 2.75) is 45.2 Å². The Bertz CT molecular complexity index is 631. The van der Waals surface area contributed by atoms with Crippen molar-refractivity contribution in [1.29, 1.82) is 0 Å². The minimum absolute atomic E-state index is 0.111. The molecule has 1 unspecified atom stereocenters. The van der Waals surface area contributed by atoms with Crippen LogP contribution >= 0.6 is 11.8 Å². The molecule has 13 heteroatoms. The van der Waals surface area contributed by atoms with E-state index < -0.39 is 35.2 Å². The van der Waals surface area contributed by atoms with Crippen molar-refractivity contribution in [3.63, 3.8) is 0 Å². The van der Waals surface area contributed by atoms with Crippen molar-refractivity contribution >= 4 is 34.8 Å². The van der Waals surface area contributed by atoms with E-state index in [1.807, 2.05) is 0 Å². The van der Waals surface area contributed by atoms with Gasteiger partial charge >= 0.3 is 12.1 Å². The van der Waals surface area contributed by atoms with Gasteiger partial charge in [-0.15, -0.1) is 10.1 Å². The van der Waals surface area contributed by atoms with Gasteiger partial charge in [-0.05, 0) is 19.8 Å². The van der Waals surface area contributed by atoms with E-state index in [0.29, 0.717) is 19.4 Å². The quantitative estimate of drug-likeness (QED) is 0.267. The first-order valence-electron chi connectivity index (χ1n) is 9.04. The maximum atomic E-state index is 12.4. The van der Waals surface area contributed by atoms with Crippen LogP contribution in [0.1, 0.15) is 33.1 Å². The number of nitrogens with one attached hydrogen (secondary N) is 1. The van der Waals surface area contributed by atoms with E-state index in [2.05, 4.69) is 10.2 Å². The lowest BCUT2D eigenvalue weighted by atomic mass is 10.1. The molecule has 0 aromatic heterocycles. The molecule has 1 aliphatic rings. The molecule has 1 aliphatic heterocycles. The standard InChI is InChI=1S/C16H25N3O9S/c1-10(13(20)18-6-3-5-12(18)14(21)22)9-29-15(23)11(2)17-16(24)27-7-4-8-28-19(25)26/h10-12H,3-9H2,1-2H3,(H,17,24)(H,21,22)/t10-,11?,12+/m1/s1. The molecular weight excluding hydrogens is 410 g/mol. The second kappa shape index (κ2) is 12.1. The number of amides is 2. The Labute approximate surface area is 171 Å². The van der Waals surface area contributed by atoms with Crippen molar-refractivity contribution in [1.82, 2.24) is 10.2 Å². The molecule has 0 aromatic rings. The van der Waals surface area contributed by atoms with E-state index >= 15 is 0 Å². The zero-order valence-corrected chi connectivity index (χ0v) is 17.0. The summed E-state index contributed by atoms with van der Waals surface area (Å²) < 4.78 is 4.78. The third-order valence-electron chi connectivity index (χ3n) is 4.12. The first kappa shape index (κ1) is 24.5. The summed E-state index contributed by atoms with van der Waals surface area (Å²) in [5.41, 5.74) is 0. The maximum absolute atomic E-state index is 12.4. The van der Waals surface area contributed by atoms with E-state index in [1.165, 1.54) is 11.8 Å². The number of carboxylic acid groups (broad SMARTS) is 1. The van der Waals surface area contributed by atoms with Crippen LogP contribution in [0.15, 0.2) is 0 Å². The summed E-state index contributed by atoms with van der Waals surface area (Å²) in [5.74, 6) is -1.75. The van der Waals surface area contributed by atoms with E-state index in [-0.39, 0.29) is 36.4 Å². The number of hydrogen-bond acceptors (Lipinski definition) is 9. The summed E-state index contributed by atoms with van der Waals surface area (Å²) in [7, 11) is 0. The summed E-state index contributed by atoms with van der Waals surface area (Å²) in [6.07, 6.45) is 0.320. The summed E-state index contributed by atoms with van der Waals surface area (Å²) in [5, 5.41) is 20.1. The van der Waals surface area contributed by atoms with Gasteiger partial charge in [0.15, 0.2) is 0 Å². The molecule has 1 rings (SSSR count). The minimum Gasteiger partial charge on any atom is -0.480 e. The Kier molecular flexibility index (Phi) is 10.2. The Hall–Kier alpha value is -2.57. The van der Waals surface area contributed by atoms with Gasteiger partial charge in [0, 0.05) is 24.6 Å². The molecule has 0 saturated carbocycles. The lowest BCUT2D eigenvalue weighted by molar-refractivity contribution is -0.757. The van der Waals surface area contributed by atoms with Gasteiger partial charge in [0.05, 0.1) is 19.3 Å². The van der Waals surface area contributed by atoms with Gasteiger partial charge in [0.1, 0.15) is 6.04 Å². The van der Waals surface area contributed by atoms with E-state index in [4.69, 9.17) is 9.84 Å². The third-order valence-corrected chi connectivity index (χ3v) is 5.43. The third kappa shape index (κ3) is 8.54. The molecule has 1 heterocycles. The van der Waals surface area contributed by atoms with Gasteiger partial charge < -0.3 is 24.9 Å². The summed E-state index contributed by atoms with van der Waals surface area (Å²) in [6, 6.07) is -1.69. The highest BCUT2D eigenvalue weighted by Gasteiger charge is 2.36. The fraction of sp³-hybridized carbons (Fsp3) is 0.750. The minimum atomic E-state index is -1.03. The molecule has 0 aromatic carbocycles. The Morgan fingerprint density at radius 3 is 2.62 bits per heavy atom. The van der Waals surface area contributed by atoms with Crippen LogP contribution < -0.4 is 5.32 Å². The topological polar surface area (TPSA) is 165 Å². The van der Waals surface area contributed by atoms with Crippen LogP contribution in [-0.2, 0) is 24.0 Å². The number of rotatable bonds is 11. The van der Waals surface area contributed by atoms with Crippen molar-refractivity contribution < 1.29 is 38.9 Å². The molecule has 2 amide bonds. The molecule has 3 atom stereocenters. The maximum Gasteiger partial charge on any atom is 0.407 e. The first-order chi connectivity index (χ1) is 13.6. The second-order valence-corrected chi connectivity index (χ2v) is 7.50. The van der Waals surface area contributed by atoms with E-state index in [1.54, 1.807) is 6.92 Å². The molecule has 1 saturated heterocycles. The van der Waals surface area contributed by atoms with Crippen molar-refractivity contribution in [3.05, 3.63) is 10.1 Å². The number of carboxylic acids is 1. The number of thioether (sulfide) groups is 1. The monoisotopic (exact) mass is 435 g/mol. The average Bonchev–Trinajstić information content (AvgIpc) is 3.14. The van der Waals surface area contributed by atoms with Gasteiger partial charge in [-0.2, -0.15) is 0 Å². The second-order valence-electron chi connectivity index (χ2n) is 6.47. The van der Waals surface area contributed by atoms with Crippen molar-refractivity contribution in [2.24, 2.45) is 5.92 Å². The largest absolute Gasteiger partial charge is 0.480 e. The number of hydrogen-bond donors (Lipinski definition) is 2. The summed E-state index contributed by atoms with van der Waals surface area (Å²) in [4.78, 5) is 62.7. The van der Waals surface area contributed by atoms with Crippen LogP contribution in [0.3, 0.4) is 0 Å². The lowest BCUT2D eigenvalue weighted by Gasteiger charge is -2.24. The lowest BCUT2D eigenvalue weighted by Crippen LogP contribution is -2.43. The highest BCUT2D eigenvalue weighted by atomic mass is 32.2. The molecule has 1 fully saturated rings. The highest BCUT2D eigenvalue weighted by Crippen LogP contribution is 2.22. The molecule has 29 heavy (non-hydrogen) atoms. The van der Waals surface area contributed by atoms with Crippen LogP contribution in [0.2, 0.25) is 0 Å². The van der Waals surface area contributed by atoms with Crippen LogP contribution in [0.25, 0.3) is 0 Å². The smallest absolute Gasteiger partial charge is 0.407 e. The molecular formula is C16H25N3O9S. The van der Waals surface area contributed by atoms with E-state index in [0.717, 1.165) is 11.8 Å². The highest BCUT2D eigenvalue weighted by molar-refractivity contribution is 8.13. The number of aliphatic carboxylic acids is 1. The van der Waals surface area contributed by atoms with Crippen LogP contribution in [-0.4, -0.2) is 75.8 Å². The molecule has 12 nitrogen and oxygen atoms in total. The number of nitrogens with zero attached hydrogens (tertiary/aromatic N) is 2. The zero-order chi connectivity index (χ0) is 22.0. The number of likely N-dealkylation sites (tertiary alicyclic amines) is 1. The van der Waals surface area contributed by atoms with Crippen molar-refractivity contribution in [2.75, 3.05) is 25.5 Å². The summed E-state index contributed by atoms with van der Waals surface area (Å²) >= 11 is 0.867.